The molecule has 1 saturated heterocycles. The second-order valence-corrected chi connectivity index (χ2v) is 10.4. The first-order valence-corrected chi connectivity index (χ1v) is 12.9. The first kappa shape index (κ1) is 24.9. The van der Waals surface area contributed by atoms with Gasteiger partial charge < -0.3 is 5.32 Å². The lowest BCUT2D eigenvalue weighted by Gasteiger charge is -2.14. The van der Waals surface area contributed by atoms with Crippen LogP contribution in [-0.4, -0.2) is 48.2 Å². The van der Waals surface area contributed by atoms with E-state index < -0.39 is 11.6 Å². The van der Waals surface area contributed by atoms with Crippen molar-refractivity contribution in [3.8, 4) is 22.5 Å². The molecule has 2 aromatic heterocycles. The van der Waals surface area contributed by atoms with Crippen molar-refractivity contribution in [2.24, 2.45) is 0 Å². The highest BCUT2D eigenvalue weighted by atomic mass is 32.2. The maximum atomic E-state index is 13.6. The Morgan fingerprint density at radius 1 is 1.08 bits per heavy atom. The van der Waals surface area contributed by atoms with Gasteiger partial charge in [0.25, 0.3) is 5.91 Å². The molecule has 186 valence electrons. The SMILES string of the molecule is O=C(CCN1C(=O)/C(=C/c2cc(-c3ccc(F)c(F)c3)cs2)SC1=S)Nc1ccc(-c2nn[nH]n2)cc1. The number of nitrogens with zero attached hydrogens (tertiary/aromatic N) is 4. The Labute approximate surface area is 222 Å². The summed E-state index contributed by atoms with van der Waals surface area (Å²) in [5.41, 5.74) is 2.60. The van der Waals surface area contributed by atoms with Gasteiger partial charge in [0.1, 0.15) is 4.32 Å². The van der Waals surface area contributed by atoms with Gasteiger partial charge in [-0.25, -0.2) is 8.78 Å². The van der Waals surface area contributed by atoms with E-state index in [4.69, 9.17) is 12.2 Å². The van der Waals surface area contributed by atoms with Gasteiger partial charge in [0.15, 0.2) is 11.6 Å². The number of thioether (sulfide) groups is 1. The summed E-state index contributed by atoms with van der Waals surface area (Å²) in [6.07, 6.45) is 1.77. The van der Waals surface area contributed by atoms with Gasteiger partial charge in [-0.05, 0) is 70.3 Å². The van der Waals surface area contributed by atoms with Crippen LogP contribution in [0.2, 0.25) is 0 Å². The highest BCUT2D eigenvalue weighted by Gasteiger charge is 2.32. The number of hydrogen-bond donors (Lipinski definition) is 2. The van der Waals surface area contributed by atoms with Crippen LogP contribution in [0, 0.1) is 11.6 Å². The van der Waals surface area contributed by atoms with Crippen LogP contribution in [0.25, 0.3) is 28.6 Å². The minimum atomic E-state index is -0.920. The second kappa shape index (κ2) is 10.7. The van der Waals surface area contributed by atoms with Crippen molar-refractivity contribution in [2.75, 3.05) is 11.9 Å². The Bertz CT molecular complexity index is 1520. The smallest absolute Gasteiger partial charge is 0.266 e. The van der Waals surface area contributed by atoms with E-state index in [0.29, 0.717) is 31.9 Å². The molecule has 2 N–H and O–H groups in total. The number of carbonyl (C=O) groups is 2. The molecular weight excluding hydrogens is 539 g/mol. The zero-order valence-corrected chi connectivity index (χ0v) is 21.2. The number of hydrogen-bond acceptors (Lipinski definition) is 8. The minimum absolute atomic E-state index is 0.0611. The van der Waals surface area contributed by atoms with Crippen LogP contribution < -0.4 is 5.32 Å². The Kier molecular flexibility index (Phi) is 7.17. The van der Waals surface area contributed by atoms with Gasteiger partial charge in [0, 0.05) is 29.1 Å². The van der Waals surface area contributed by atoms with Gasteiger partial charge in [-0.1, -0.05) is 30.0 Å². The standard InChI is InChI=1S/C24H16F2N6O2S3/c25-18-6-3-14(10-19(18)26)15-9-17(36-12-15)11-20-23(34)32(24(35)37-20)8-7-21(33)27-16-4-1-13(2-5-16)22-28-30-31-29-22/h1-6,9-12H,7-8H2,(H,27,33)(H,28,29,30,31)/b20-11-. The van der Waals surface area contributed by atoms with Crippen LogP contribution in [0.15, 0.2) is 58.8 Å². The number of rotatable bonds is 7. The number of thiophene rings is 1. The van der Waals surface area contributed by atoms with Crippen molar-refractivity contribution < 1.29 is 18.4 Å². The highest BCUT2D eigenvalue weighted by molar-refractivity contribution is 8.26. The lowest BCUT2D eigenvalue weighted by molar-refractivity contribution is -0.122. The number of benzene rings is 2. The summed E-state index contributed by atoms with van der Waals surface area (Å²) in [5.74, 6) is -1.93. The predicted molar refractivity (Wildman–Crippen MR) is 142 cm³/mol. The number of anilines is 1. The van der Waals surface area contributed by atoms with Crippen molar-refractivity contribution >= 4 is 63.2 Å². The van der Waals surface area contributed by atoms with Crippen molar-refractivity contribution in [1.29, 1.82) is 0 Å². The van der Waals surface area contributed by atoms with Crippen molar-refractivity contribution in [1.82, 2.24) is 25.5 Å². The second-order valence-electron chi connectivity index (χ2n) is 7.81. The third-order valence-corrected chi connectivity index (χ3v) is 7.61. The van der Waals surface area contributed by atoms with Crippen molar-refractivity contribution in [2.45, 2.75) is 6.42 Å². The Morgan fingerprint density at radius 2 is 1.86 bits per heavy atom. The topological polar surface area (TPSA) is 104 Å². The quantitative estimate of drug-likeness (QED) is 0.242. The average molecular weight is 555 g/mol. The Morgan fingerprint density at radius 3 is 2.59 bits per heavy atom. The van der Waals surface area contributed by atoms with Gasteiger partial charge in [0.05, 0.1) is 4.91 Å². The van der Waals surface area contributed by atoms with E-state index >= 15 is 0 Å². The van der Waals surface area contributed by atoms with E-state index in [2.05, 4.69) is 25.9 Å². The fourth-order valence-corrected chi connectivity index (χ4v) is 5.72. The molecule has 0 radical (unpaired) electrons. The first-order chi connectivity index (χ1) is 17.9. The summed E-state index contributed by atoms with van der Waals surface area (Å²) in [7, 11) is 0. The third-order valence-electron chi connectivity index (χ3n) is 5.35. The number of thiocarbonyl (C=S) groups is 1. The predicted octanol–water partition coefficient (Wildman–Crippen LogP) is 5.10. The number of aromatic nitrogens is 4. The Balaban J connectivity index is 1.18. The summed E-state index contributed by atoms with van der Waals surface area (Å²) >= 11 is 7.88. The minimum Gasteiger partial charge on any atom is -0.326 e. The Hall–Kier alpha value is -3.81. The zero-order chi connectivity index (χ0) is 25.9. The van der Waals surface area contributed by atoms with Gasteiger partial charge in [-0.3, -0.25) is 14.5 Å². The van der Waals surface area contributed by atoms with E-state index in [9.17, 15) is 18.4 Å². The molecule has 5 rings (SSSR count). The molecule has 3 heterocycles. The number of H-pyrrole nitrogens is 1. The lowest BCUT2D eigenvalue weighted by atomic mass is 10.1. The number of halogens is 2. The third kappa shape index (κ3) is 5.63. The van der Waals surface area contributed by atoms with E-state index in [0.717, 1.165) is 34.3 Å². The molecule has 37 heavy (non-hydrogen) atoms. The number of nitrogens with one attached hydrogen (secondary N) is 2. The largest absolute Gasteiger partial charge is 0.326 e. The molecule has 1 fully saturated rings. The van der Waals surface area contributed by atoms with Gasteiger partial charge in [-0.2, -0.15) is 5.21 Å². The average Bonchev–Trinajstić information content (AvgIpc) is 3.63. The number of aromatic amines is 1. The van der Waals surface area contributed by atoms with Crippen LogP contribution >= 0.6 is 35.3 Å². The lowest BCUT2D eigenvalue weighted by Crippen LogP contribution is -2.31. The van der Waals surface area contributed by atoms with Gasteiger partial charge in [0.2, 0.25) is 11.7 Å². The first-order valence-electron chi connectivity index (χ1n) is 10.8. The summed E-state index contributed by atoms with van der Waals surface area (Å²) in [5, 5.41) is 18.3. The maximum Gasteiger partial charge on any atom is 0.266 e. The number of tetrazole rings is 1. The molecule has 0 atom stereocenters. The molecule has 4 aromatic rings. The van der Waals surface area contributed by atoms with Crippen molar-refractivity contribution in [3.63, 3.8) is 0 Å². The summed E-state index contributed by atoms with van der Waals surface area (Å²) in [6, 6.07) is 12.5. The molecule has 0 bridgehead atoms. The number of carbonyl (C=O) groups excluding carboxylic acids is 2. The molecule has 2 amide bonds. The molecule has 8 nitrogen and oxygen atoms in total. The monoisotopic (exact) mass is 554 g/mol. The summed E-state index contributed by atoms with van der Waals surface area (Å²) in [4.78, 5) is 28.0. The van der Waals surface area contributed by atoms with Crippen LogP contribution in [0.1, 0.15) is 11.3 Å². The molecule has 1 aliphatic heterocycles. The molecule has 2 aromatic carbocycles. The molecule has 13 heteroatoms. The molecule has 0 unspecified atom stereocenters. The molecule has 1 aliphatic rings. The normalized spacial score (nSPS) is 14.5. The van der Waals surface area contributed by atoms with Crippen LogP contribution in [0.5, 0.6) is 0 Å². The van der Waals surface area contributed by atoms with Gasteiger partial charge in [-0.15, -0.1) is 21.5 Å². The molecule has 0 spiro atoms. The van der Waals surface area contributed by atoms with Crippen LogP contribution in [0.3, 0.4) is 0 Å². The fraction of sp³-hybridized carbons (Fsp3) is 0.0833. The zero-order valence-electron chi connectivity index (χ0n) is 18.8. The van der Waals surface area contributed by atoms with Gasteiger partial charge >= 0.3 is 0 Å². The highest BCUT2D eigenvalue weighted by Crippen LogP contribution is 2.35. The van der Waals surface area contributed by atoms with E-state index in [-0.39, 0.29) is 24.8 Å². The van der Waals surface area contributed by atoms with Crippen LogP contribution in [0.4, 0.5) is 14.5 Å². The van der Waals surface area contributed by atoms with E-state index in [1.54, 1.807) is 41.8 Å². The maximum absolute atomic E-state index is 13.6. The molecule has 0 aliphatic carbocycles. The summed E-state index contributed by atoms with van der Waals surface area (Å²) in [6.45, 7) is 0.138. The van der Waals surface area contributed by atoms with E-state index in [1.165, 1.54) is 22.3 Å². The number of amides is 2. The fourth-order valence-electron chi connectivity index (χ4n) is 3.50. The van der Waals surface area contributed by atoms with Crippen molar-refractivity contribution in [3.05, 3.63) is 75.3 Å². The van der Waals surface area contributed by atoms with E-state index in [1.807, 2.05) is 0 Å². The molecular formula is C24H16F2N6O2S3. The van der Waals surface area contributed by atoms with Crippen LogP contribution in [-0.2, 0) is 9.59 Å². The molecule has 0 saturated carbocycles. The summed E-state index contributed by atoms with van der Waals surface area (Å²) < 4.78 is 27.2.